The number of hydrogen-bond acceptors (Lipinski definition) is 0. The molecule has 24 heavy (non-hydrogen) atoms. The molecule has 3 rings (SSSR count). The first kappa shape index (κ1) is 16.6. The van der Waals surface area contributed by atoms with Gasteiger partial charge in [0.05, 0.1) is 0 Å². The molecule has 0 fully saturated rings. The highest BCUT2D eigenvalue weighted by molar-refractivity contribution is 5.38. The highest BCUT2D eigenvalue weighted by Crippen LogP contribution is 2.37. The van der Waals surface area contributed by atoms with E-state index >= 15 is 0 Å². The predicted octanol–water partition coefficient (Wildman–Crippen LogP) is 6.40. The molecule has 0 nitrogen and oxygen atoms in total. The Kier molecular flexibility index (Phi) is 5.55. The van der Waals surface area contributed by atoms with E-state index in [2.05, 4.69) is 73.9 Å². The molecule has 0 aromatic heterocycles. The molecule has 0 amide bonds. The van der Waals surface area contributed by atoms with Crippen molar-refractivity contribution < 1.29 is 0 Å². The summed E-state index contributed by atoms with van der Waals surface area (Å²) >= 11 is 0. The second-order valence-corrected chi connectivity index (χ2v) is 7.02. The minimum absolute atomic E-state index is 0.567. The fourth-order valence-corrected chi connectivity index (χ4v) is 3.80. The van der Waals surface area contributed by atoms with E-state index < -0.39 is 0 Å². The van der Waals surface area contributed by atoms with Gasteiger partial charge in [0.25, 0.3) is 0 Å². The molecule has 0 saturated heterocycles. The van der Waals surface area contributed by atoms with Gasteiger partial charge in [0.1, 0.15) is 0 Å². The maximum absolute atomic E-state index is 3.05. The molecule has 0 N–H and O–H groups in total. The molecule has 0 bridgehead atoms. The molecule has 0 aromatic rings. The lowest BCUT2D eigenvalue weighted by Crippen LogP contribution is -2.20. The summed E-state index contributed by atoms with van der Waals surface area (Å²) in [6.07, 6.45) is 27.6. The lowest BCUT2D eigenvalue weighted by Gasteiger charge is -2.30. The van der Waals surface area contributed by atoms with Crippen molar-refractivity contribution in [3.05, 3.63) is 95.0 Å². The van der Waals surface area contributed by atoms with Crippen molar-refractivity contribution in [2.24, 2.45) is 17.8 Å². The van der Waals surface area contributed by atoms with Crippen LogP contribution in [0.3, 0.4) is 0 Å². The van der Waals surface area contributed by atoms with Crippen molar-refractivity contribution in [3.63, 3.8) is 0 Å². The van der Waals surface area contributed by atoms with Gasteiger partial charge in [-0.1, -0.05) is 85.6 Å². The summed E-state index contributed by atoms with van der Waals surface area (Å²) in [6.45, 7) is 4.71. The molecule has 122 valence electrons. The van der Waals surface area contributed by atoms with Crippen LogP contribution in [0.4, 0.5) is 0 Å². The van der Waals surface area contributed by atoms with Crippen LogP contribution in [0.25, 0.3) is 0 Å². The fraction of sp³-hybridized carbons (Fsp3) is 0.333. The lowest BCUT2D eigenvalue weighted by atomic mass is 9.75. The Balaban J connectivity index is 1.75. The maximum atomic E-state index is 3.05. The van der Waals surface area contributed by atoms with Gasteiger partial charge >= 0.3 is 0 Å². The first-order valence-corrected chi connectivity index (χ1v) is 9.03. The standard InChI is InChI=1S/C24H26/c1-19(2)24(22-13-7-8-14-22)23-15-9-12-21(18-23)17-16-20-10-5-3-4-6-11-20/h3,5,7-8,10-14,16,18-19,22,24H,9,15,17H2,1-2H3/b20-16+. The van der Waals surface area contributed by atoms with E-state index in [0.29, 0.717) is 17.8 Å². The Morgan fingerprint density at radius 3 is 2.79 bits per heavy atom. The molecule has 0 heteroatoms. The van der Waals surface area contributed by atoms with Crippen LogP contribution in [0.1, 0.15) is 33.1 Å². The van der Waals surface area contributed by atoms with E-state index in [9.17, 15) is 0 Å². The van der Waals surface area contributed by atoms with Gasteiger partial charge in [-0.2, -0.15) is 0 Å². The molecule has 0 spiro atoms. The minimum Gasteiger partial charge on any atom is -0.0807 e. The molecular weight excluding hydrogens is 288 g/mol. The number of hydrogen-bond donors (Lipinski definition) is 0. The van der Waals surface area contributed by atoms with Crippen molar-refractivity contribution in [3.8, 4) is 0 Å². The van der Waals surface area contributed by atoms with Crippen molar-refractivity contribution >= 4 is 0 Å². The average molecular weight is 314 g/mol. The molecule has 0 heterocycles. The van der Waals surface area contributed by atoms with Crippen LogP contribution in [0.15, 0.2) is 95.0 Å². The third-order valence-electron chi connectivity index (χ3n) is 4.91. The van der Waals surface area contributed by atoms with E-state index in [1.54, 1.807) is 5.57 Å². The Hall–Kier alpha value is -2.26. The molecule has 1 unspecified atom stereocenters. The summed E-state index contributed by atoms with van der Waals surface area (Å²) in [5.74, 6) is 1.86. The Labute approximate surface area is 146 Å². The zero-order valence-corrected chi connectivity index (χ0v) is 14.7. The Bertz CT molecular complexity index is 734. The zero-order chi connectivity index (χ0) is 16.8. The van der Waals surface area contributed by atoms with Crippen molar-refractivity contribution in [1.29, 1.82) is 0 Å². The highest BCUT2D eigenvalue weighted by Gasteiger charge is 2.26. The predicted molar refractivity (Wildman–Crippen MR) is 104 cm³/mol. The van der Waals surface area contributed by atoms with Crippen LogP contribution in [-0.2, 0) is 0 Å². The summed E-state index contributed by atoms with van der Waals surface area (Å²) in [5.41, 5.74) is 10.3. The normalized spacial score (nSPS) is 22.4. The van der Waals surface area contributed by atoms with Gasteiger partial charge in [0.2, 0.25) is 0 Å². The van der Waals surface area contributed by atoms with Crippen LogP contribution >= 0.6 is 0 Å². The van der Waals surface area contributed by atoms with E-state index in [1.165, 1.54) is 24.0 Å². The second-order valence-electron chi connectivity index (χ2n) is 7.02. The van der Waals surface area contributed by atoms with Crippen LogP contribution in [-0.4, -0.2) is 0 Å². The van der Waals surface area contributed by atoms with E-state index in [4.69, 9.17) is 0 Å². The molecule has 0 aliphatic heterocycles. The summed E-state index contributed by atoms with van der Waals surface area (Å²) in [6, 6.07) is 0. The van der Waals surface area contributed by atoms with Gasteiger partial charge in [-0.05, 0) is 54.4 Å². The summed E-state index contributed by atoms with van der Waals surface area (Å²) in [7, 11) is 0. The van der Waals surface area contributed by atoms with Gasteiger partial charge in [0.15, 0.2) is 0 Å². The lowest BCUT2D eigenvalue weighted by molar-refractivity contribution is 0.380. The molecular formula is C24H26. The molecule has 0 radical (unpaired) electrons. The van der Waals surface area contributed by atoms with Crippen molar-refractivity contribution in [2.75, 3.05) is 0 Å². The summed E-state index contributed by atoms with van der Waals surface area (Å²) in [4.78, 5) is 0. The van der Waals surface area contributed by atoms with Gasteiger partial charge in [-0.25, -0.2) is 0 Å². The monoisotopic (exact) mass is 314 g/mol. The largest absolute Gasteiger partial charge is 0.0807 e. The van der Waals surface area contributed by atoms with Gasteiger partial charge in [-0.15, -0.1) is 0 Å². The molecule has 1 atom stereocenters. The fourth-order valence-electron chi connectivity index (χ4n) is 3.80. The number of allylic oxidation sites excluding steroid dienone is 14. The molecule has 0 saturated carbocycles. The van der Waals surface area contributed by atoms with E-state index in [-0.39, 0.29) is 0 Å². The Morgan fingerprint density at radius 2 is 2.00 bits per heavy atom. The highest BCUT2D eigenvalue weighted by atomic mass is 14.3. The van der Waals surface area contributed by atoms with Crippen LogP contribution in [0.5, 0.6) is 0 Å². The molecule has 3 aliphatic carbocycles. The SMILES string of the molecule is CC(C)C(C1=CC(C/C=C2/C=C=C=CC=C2)=CCC1)C1C=CC=C1. The summed E-state index contributed by atoms with van der Waals surface area (Å²) in [5, 5.41) is 0. The smallest absolute Gasteiger partial charge is 0.00208 e. The van der Waals surface area contributed by atoms with E-state index in [1.807, 2.05) is 18.2 Å². The van der Waals surface area contributed by atoms with Gasteiger partial charge in [-0.3, -0.25) is 0 Å². The minimum atomic E-state index is 0.567. The molecule has 3 aliphatic rings. The van der Waals surface area contributed by atoms with Crippen molar-refractivity contribution in [2.45, 2.75) is 33.1 Å². The van der Waals surface area contributed by atoms with Gasteiger partial charge < -0.3 is 0 Å². The zero-order valence-electron chi connectivity index (χ0n) is 14.7. The van der Waals surface area contributed by atoms with Crippen LogP contribution in [0, 0.1) is 17.8 Å². The first-order chi connectivity index (χ1) is 11.7. The third-order valence-corrected chi connectivity index (χ3v) is 4.91. The topological polar surface area (TPSA) is 0 Å². The Morgan fingerprint density at radius 1 is 1.17 bits per heavy atom. The van der Waals surface area contributed by atoms with E-state index in [0.717, 1.165) is 6.42 Å². The second kappa shape index (κ2) is 8.02. The van der Waals surface area contributed by atoms with Crippen LogP contribution in [0.2, 0.25) is 0 Å². The third kappa shape index (κ3) is 4.18. The number of rotatable bonds is 5. The average Bonchev–Trinajstić information content (AvgIpc) is 2.96. The molecule has 0 aromatic carbocycles. The first-order valence-electron chi connectivity index (χ1n) is 9.03. The summed E-state index contributed by atoms with van der Waals surface area (Å²) < 4.78 is 0. The maximum Gasteiger partial charge on any atom is 0.00208 e. The van der Waals surface area contributed by atoms with Gasteiger partial charge in [0, 0.05) is 5.92 Å². The van der Waals surface area contributed by atoms with Crippen molar-refractivity contribution in [1.82, 2.24) is 0 Å². The quantitative estimate of drug-likeness (QED) is 0.515. The van der Waals surface area contributed by atoms with Crippen LogP contribution < -0.4 is 0 Å².